The quantitative estimate of drug-likeness (QED) is 0.839. The van der Waals surface area contributed by atoms with Gasteiger partial charge in [-0.1, -0.05) is 13.8 Å². The van der Waals surface area contributed by atoms with Gasteiger partial charge in [0.15, 0.2) is 0 Å². The van der Waals surface area contributed by atoms with Crippen molar-refractivity contribution in [2.75, 3.05) is 5.73 Å². The lowest BCUT2D eigenvalue weighted by Gasteiger charge is -2.34. The average molecular weight is 250 g/mol. The zero-order valence-corrected chi connectivity index (χ0v) is 11.4. The number of carbonyl (C=O) groups is 1. The van der Waals surface area contributed by atoms with E-state index in [1.165, 1.54) is 10.9 Å². The van der Waals surface area contributed by atoms with E-state index >= 15 is 0 Å². The first-order valence-corrected chi connectivity index (χ1v) is 6.47. The Hall–Kier alpha value is -1.52. The molecule has 18 heavy (non-hydrogen) atoms. The van der Waals surface area contributed by atoms with E-state index < -0.39 is 0 Å². The third kappa shape index (κ3) is 2.66. The molecule has 0 saturated heterocycles. The minimum Gasteiger partial charge on any atom is -0.383 e. The summed E-state index contributed by atoms with van der Waals surface area (Å²) in [5, 5.41) is 7.04. The second-order valence-electron chi connectivity index (χ2n) is 5.98. The van der Waals surface area contributed by atoms with Crippen LogP contribution in [-0.2, 0) is 7.05 Å². The third-order valence-electron chi connectivity index (χ3n) is 3.90. The van der Waals surface area contributed by atoms with E-state index in [1.54, 1.807) is 7.05 Å². The van der Waals surface area contributed by atoms with Gasteiger partial charge in [0.1, 0.15) is 11.4 Å². The van der Waals surface area contributed by atoms with Gasteiger partial charge in [0.2, 0.25) is 0 Å². The summed E-state index contributed by atoms with van der Waals surface area (Å²) in [6, 6.07) is 0.269. The van der Waals surface area contributed by atoms with Crippen molar-refractivity contribution in [3.8, 4) is 0 Å². The Morgan fingerprint density at radius 1 is 1.50 bits per heavy atom. The molecule has 0 radical (unpaired) electrons. The summed E-state index contributed by atoms with van der Waals surface area (Å²) in [5.74, 6) is 0.314. The molecule has 1 fully saturated rings. The first kappa shape index (κ1) is 12.9. The van der Waals surface area contributed by atoms with Crippen molar-refractivity contribution in [3.63, 3.8) is 0 Å². The second-order valence-corrected chi connectivity index (χ2v) is 5.98. The highest BCUT2D eigenvalue weighted by Gasteiger charge is 2.28. The predicted octanol–water partition coefficient (Wildman–Crippen LogP) is 1.70. The van der Waals surface area contributed by atoms with Gasteiger partial charge in [0, 0.05) is 13.1 Å². The van der Waals surface area contributed by atoms with Crippen LogP contribution in [0.15, 0.2) is 6.20 Å². The van der Waals surface area contributed by atoms with Gasteiger partial charge in [-0.25, -0.2) is 0 Å². The van der Waals surface area contributed by atoms with E-state index in [1.807, 2.05) is 0 Å². The molecule has 2 rings (SSSR count). The molecule has 1 saturated carbocycles. The molecule has 1 amide bonds. The highest BCUT2D eigenvalue weighted by molar-refractivity contribution is 5.98. The monoisotopic (exact) mass is 250 g/mol. The third-order valence-corrected chi connectivity index (χ3v) is 3.90. The van der Waals surface area contributed by atoms with Gasteiger partial charge in [-0.05, 0) is 31.1 Å². The maximum atomic E-state index is 12.1. The molecule has 0 spiro atoms. The van der Waals surface area contributed by atoms with Crippen molar-refractivity contribution in [2.24, 2.45) is 12.5 Å². The minimum absolute atomic E-state index is 0.106. The van der Waals surface area contributed by atoms with E-state index in [2.05, 4.69) is 24.3 Å². The minimum atomic E-state index is -0.106. The van der Waals surface area contributed by atoms with Crippen LogP contribution in [0.4, 0.5) is 5.82 Å². The Morgan fingerprint density at radius 2 is 2.11 bits per heavy atom. The highest BCUT2D eigenvalue weighted by atomic mass is 16.1. The summed E-state index contributed by atoms with van der Waals surface area (Å²) in [5.41, 5.74) is 6.68. The molecule has 0 bridgehead atoms. The molecular formula is C13H22N4O. The fourth-order valence-electron chi connectivity index (χ4n) is 2.43. The van der Waals surface area contributed by atoms with Crippen LogP contribution in [0.3, 0.4) is 0 Å². The Labute approximate surface area is 108 Å². The number of rotatable bonds is 2. The van der Waals surface area contributed by atoms with Gasteiger partial charge in [-0.3, -0.25) is 9.48 Å². The number of aromatic nitrogens is 2. The summed E-state index contributed by atoms with van der Waals surface area (Å²) in [6.45, 7) is 4.56. The second kappa shape index (κ2) is 4.63. The van der Waals surface area contributed by atoms with Crippen molar-refractivity contribution in [2.45, 2.75) is 45.6 Å². The largest absolute Gasteiger partial charge is 0.383 e. The molecule has 5 heteroatoms. The Bertz CT molecular complexity index is 440. The molecule has 0 aromatic carbocycles. The van der Waals surface area contributed by atoms with Crippen molar-refractivity contribution < 1.29 is 4.79 Å². The highest BCUT2D eigenvalue weighted by Crippen LogP contribution is 2.35. The van der Waals surface area contributed by atoms with Crippen LogP contribution in [0.2, 0.25) is 0 Å². The van der Waals surface area contributed by atoms with E-state index in [0.717, 1.165) is 25.7 Å². The van der Waals surface area contributed by atoms with Crippen LogP contribution in [0.25, 0.3) is 0 Å². The lowest BCUT2D eigenvalue weighted by molar-refractivity contribution is 0.0910. The van der Waals surface area contributed by atoms with Crippen LogP contribution >= 0.6 is 0 Å². The van der Waals surface area contributed by atoms with E-state index in [-0.39, 0.29) is 11.9 Å². The molecular weight excluding hydrogens is 228 g/mol. The van der Waals surface area contributed by atoms with Crippen molar-refractivity contribution in [1.82, 2.24) is 15.1 Å². The topological polar surface area (TPSA) is 72.9 Å². The van der Waals surface area contributed by atoms with Gasteiger partial charge >= 0.3 is 0 Å². The average Bonchev–Trinajstić information content (AvgIpc) is 2.63. The van der Waals surface area contributed by atoms with E-state index in [9.17, 15) is 4.79 Å². The number of nitrogens with two attached hydrogens (primary N) is 1. The Kier molecular flexibility index (Phi) is 3.32. The van der Waals surface area contributed by atoms with Crippen LogP contribution in [0, 0.1) is 5.41 Å². The van der Waals surface area contributed by atoms with Gasteiger partial charge in [0.05, 0.1) is 6.20 Å². The molecule has 1 aromatic heterocycles. The summed E-state index contributed by atoms with van der Waals surface area (Å²) in [6.07, 6.45) is 5.91. The van der Waals surface area contributed by atoms with Crippen LogP contribution in [0.1, 0.15) is 49.9 Å². The lowest BCUT2D eigenvalue weighted by Crippen LogP contribution is -2.39. The molecule has 1 aliphatic carbocycles. The molecule has 1 heterocycles. The predicted molar refractivity (Wildman–Crippen MR) is 71.1 cm³/mol. The molecule has 0 atom stereocenters. The van der Waals surface area contributed by atoms with Crippen molar-refractivity contribution >= 4 is 11.7 Å². The molecule has 3 N–H and O–H groups in total. The molecule has 5 nitrogen and oxygen atoms in total. The molecule has 0 aliphatic heterocycles. The van der Waals surface area contributed by atoms with Crippen LogP contribution in [-0.4, -0.2) is 21.7 Å². The number of hydrogen-bond acceptors (Lipinski definition) is 3. The van der Waals surface area contributed by atoms with Gasteiger partial charge < -0.3 is 11.1 Å². The summed E-state index contributed by atoms with van der Waals surface area (Å²) in [7, 11) is 1.73. The standard InChI is InChI=1S/C13H22N4O/c1-13(2)6-4-9(5-7-13)16-12(18)10-8-15-17(3)11(10)14/h8-9H,4-7,14H2,1-3H3,(H,16,18). The lowest BCUT2D eigenvalue weighted by atomic mass is 9.75. The molecule has 100 valence electrons. The van der Waals surface area contributed by atoms with Gasteiger partial charge in [-0.2, -0.15) is 5.10 Å². The maximum Gasteiger partial charge on any atom is 0.256 e. The van der Waals surface area contributed by atoms with Crippen molar-refractivity contribution in [3.05, 3.63) is 11.8 Å². The zero-order chi connectivity index (χ0) is 13.3. The van der Waals surface area contributed by atoms with E-state index in [4.69, 9.17) is 5.73 Å². The summed E-state index contributed by atoms with van der Waals surface area (Å²) in [4.78, 5) is 12.1. The van der Waals surface area contributed by atoms with E-state index in [0.29, 0.717) is 16.8 Å². The molecule has 1 aromatic rings. The number of amides is 1. The normalized spacial score (nSPS) is 19.7. The number of carbonyl (C=O) groups excluding carboxylic acids is 1. The smallest absolute Gasteiger partial charge is 0.256 e. The van der Waals surface area contributed by atoms with Gasteiger partial charge in [-0.15, -0.1) is 0 Å². The maximum absolute atomic E-state index is 12.1. The summed E-state index contributed by atoms with van der Waals surface area (Å²) < 4.78 is 1.51. The first-order chi connectivity index (χ1) is 8.39. The van der Waals surface area contributed by atoms with Crippen molar-refractivity contribution in [1.29, 1.82) is 0 Å². The first-order valence-electron chi connectivity index (χ1n) is 6.47. The van der Waals surface area contributed by atoms with Crippen LogP contribution < -0.4 is 11.1 Å². The summed E-state index contributed by atoms with van der Waals surface area (Å²) >= 11 is 0. The molecule has 1 aliphatic rings. The Balaban J connectivity index is 1.95. The fourth-order valence-corrected chi connectivity index (χ4v) is 2.43. The molecule has 0 unspecified atom stereocenters. The number of aryl methyl sites for hydroxylation is 1. The number of hydrogen-bond donors (Lipinski definition) is 2. The van der Waals surface area contributed by atoms with Gasteiger partial charge in [0.25, 0.3) is 5.91 Å². The number of anilines is 1. The Morgan fingerprint density at radius 3 is 2.61 bits per heavy atom. The SMILES string of the molecule is Cn1ncc(C(=O)NC2CCC(C)(C)CC2)c1N. The number of nitrogens with zero attached hydrogens (tertiary/aromatic N) is 2. The number of nitrogen functional groups attached to an aromatic ring is 1. The van der Waals surface area contributed by atoms with Crippen LogP contribution in [0.5, 0.6) is 0 Å². The number of nitrogens with one attached hydrogen (secondary N) is 1. The zero-order valence-electron chi connectivity index (χ0n) is 11.4. The fraction of sp³-hybridized carbons (Fsp3) is 0.692.